The van der Waals surface area contributed by atoms with Gasteiger partial charge in [0.2, 0.25) is 0 Å². The van der Waals surface area contributed by atoms with E-state index in [2.05, 4.69) is 6.92 Å². The highest BCUT2D eigenvalue weighted by Gasteiger charge is 2.10. The molecule has 3 nitrogen and oxygen atoms in total. The van der Waals surface area contributed by atoms with Gasteiger partial charge in [-0.3, -0.25) is 0 Å². The van der Waals surface area contributed by atoms with E-state index in [1.165, 1.54) is 0 Å². The lowest BCUT2D eigenvalue weighted by Gasteiger charge is -2.19. The van der Waals surface area contributed by atoms with Gasteiger partial charge in [0, 0.05) is 13.1 Å². The Morgan fingerprint density at radius 3 is 2.56 bits per heavy atom. The predicted molar refractivity (Wildman–Crippen MR) is 75.4 cm³/mol. The summed E-state index contributed by atoms with van der Waals surface area (Å²) in [5.74, 6) is 0.883. The van der Waals surface area contributed by atoms with Gasteiger partial charge >= 0.3 is 0 Å². The smallest absolute Gasteiger partial charge is 0.119 e. The number of halogens is 1. The average Bonchev–Trinajstić information content (AvgIpc) is 2.37. The number of aliphatic hydroxyl groups excluding tert-OH is 1. The number of aliphatic hydroxyl groups is 1. The third kappa shape index (κ3) is 5.25. The van der Waals surface area contributed by atoms with Crippen molar-refractivity contribution >= 4 is 11.6 Å². The first-order chi connectivity index (χ1) is 8.67. The van der Waals surface area contributed by atoms with Crippen LogP contribution in [0.4, 0.5) is 0 Å². The van der Waals surface area contributed by atoms with E-state index in [4.69, 9.17) is 21.4 Å². The van der Waals surface area contributed by atoms with Gasteiger partial charge in [0.25, 0.3) is 0 Å². The van der Waals surface area contributed by atoms with E-state index in [-0.39, 0.29) is 12.0 Å². The van der Waals surface area contributed by atoms with Gasteiger partial charge in [-0.15, -0.1) is 11.6 Å². The van der Waals surface area contributed by atoms with Crippen molar-refractivity contribution in [1.82, 2.24) is 4.90 Å². The highest BCUT2D eigenvalue weighted by molar-refractivity contribution is 6.21. The number of benzene rings is 1. The van der Waals surface area contributed by atoms with Crippen LogP contribution in [-0.2, 0) is 0 Å². The Hall–Kier alpha value is -0.770. The van der Waals surface area contributed by atoms with Crippen LogP contribution in [0.2, 0.25) is 0 Å². The monoisotopic (exact) mass is 271 g/mol. The SMILES string of the molecule is CCCOc1ccc(C(Cl)CN(C)CCO)cc1. The van der Waals surface area contributed by atoms with E-state index < -0.39 is 0 Å². The minimum atomic E-state index is -0.0678. The third-order valence-corrected chi connectivity index (χ3v) is 3.06. The normalized spacial score (nSPS) is 12.7. The van der Waals surface area contributed by atoms with Crippen molar-refractivity contribution in [3.63, 3.8) is 0 Å². The second kappa shape index (κ2) is 8.35. The van der Waals surface area contributed by atoms with Crippen molar-refractivity contribution in [2.75, 3.05) is 33.4 Å². The number of alkyl halides is 1. The Morgan fingerprint density at radius 2 is 2.00 bits per heavy atom. The predicted octanol–water partition coefficient (Wildman–Crippen LogP) is 2.68. The first-order valence-electron chi connectivity index (χ1n) is 6.33. The largest absolute Gasteiger partial charge is 0.494 e. The molecule has 1 atom stereocenters. The summed E-state index contributed by atoms with van der Waals surface area (Å²) in [4.78, 5) is 2.01. The van der Waals surface area contributed by atoms with Crippen molar-refractivity contribution in [3.8, 4) is 5.75 Å². The van der Waals surface area contributed by atoms with E-state index in [0.29, 0.717) is 6.54 Å². The molecule has 18 heavy (non-hydrogen) atoms. The number of rotatable bonds is 8. The Morgan fingerprint density at radius 1 is 1.33 bits per heavy atom. The van der Waals surface area contributed by atoms with Gasteiger partial charge in [-0.1, -0.05) is 19.1 Å². The van der Waals surface area contributed by atoms with Crippen LogP contribution in [0.25, 0.3) is 0 Å². The van der Waals surface area contributed by atoms with E-state index in [1.54, 1.807) is 0 Å². The third-order valence-electron chi connectivity index (χ3n) is 2.67. The Balaban J connectivity index is 2.50. The molecule has 1 rings (SSSR count). The highest BCUT2D eigenvalue weighted by atomic mass is 35.5. The minimum Gasteiger partial charge on any atom is -0.494 e. The molecule has 0 aliphatic carbocycles. The van der Waals surface area contributed by atoms with E-state index in [0.717, 1.165) is 30.9 Å². The number of likely N-dealkylation sites (N-methyl/N-ethyl adjacent to an activating group) is 1. The molecule has 0 bridgehead atoms. The molecule has 0 saturated heterocycles. The molecular weight excluding hydrogens is 250 g/mol. The molecule has 0 aromatic heterocycles. The van der Waals surface area contributed by atoms with Crippen LogP contribution in [-0.4, -0.2) is 43.4 Å². The van der Waals surface area contributed by atoms with Crippen molar-refractivity contribution in [2.45, 2.75) is 18.7 Å². The Bertz CT molecular complexity index is 329. The van der Waals surface area contributed by atoms with Gasteiger partial charge in [0.1, 0.15) is 5.75 Å². The summed E-state index contributed by atoms with van der Waals surface area (Å²) < 4.78 is 5.52. The van der Waals surface area contributed by atoms with Crippen LogP contribution in [0.1, 0.15) is 24.3 Å². The molecule has 1 unspecified atom stereocenters. The first-order valence-corrected chi connectivity index (χ1v) is 6.77. The summed E-state index contributed by atoms with van der Waals surface area (Å²) in [7, 11) is 1.95. The summed E-state index contributed by atoms with van der Waals surface area (Å²) in [6, 6.07) is 7.89. The quantitative estimate of drug-likeness (QED) is 0.738. The van der Waals surface area contributed by atoms with Crippen LogP contribution in [0, 0.1) is 0 Å². The molecule has 1 aromatic rings. The first kappa shape index (κ1) is 15.3. The van der Waals surface area contributed by atoms with Gasteiger partial charge in [-0.25, -0.2) is 0 Å². The number of hydrogen-bond donors (Lipinski definition) is 1. The zero-order valence-electron chi connectivity index (χ0n) is 11.1. The zero-order valence-corrected chi connectivity index (χ0v) is 11.9. The fourth-order valence-corrected chi connectivity index (χ4v) is 2.01. The molecule has 4 heteroatoms. The van der Waals surface area contributed by atoms with E-state index in [1.807, 2.05) is 36.2 Å². The van der Waals surface area contributed by atoms with Crippen LogP contribution in [0.3, 0.4) is 0 Å². The van der Waals surface area contributed by atoms with Crippen molar-refractivity contribution < 1.29 is 9.84 Å². The second-order valence-corrected chi connectivity index (χ2v) is 4.90. The van der Waals surface area contributed by atoms with Crippen molar-refractivity contribution in [2.24, 2.45) is 0 Å². The summed E-state index contributed by atoms with van der Waals surface area (Å²) >= 11 is 6.33. The maximum absolute atomic E-state index is 8.84. The number of ether oxygens (including phenoxy) is 1. The lowest BCUT2D eigenvalue weighted by Crippen LogP contribution is -2.25. The molecule has 0 aliphatic heterocycles. The molecular formula is C14H22ClNO2. The molecule has 1 N–H and O–H groups in total. The maximum atomic E-state index is 8.84. The lowest BCUT2D eigenvalue weighted by atomic mass is 10.1. The summed E-state index contributed by atoms with van der Waals surface area (Å²) in [6.45, 7) is 4.34. The molecule has 0 amide bonds. The van der Waals surface area contributed by atoms with Gasteiger partial charge in [0.05, 0.1) is 18.6 Å². The molecule has 1 aromatic carbocycles. The van der Waals surface area contributed by atoms with Crippen molar-refractivity contribution in [1.29, 1.82) is 0 Å². The molecule has 0 saturated carbocycles. The Labute approximate surface area is 114 Å². The van der Waals surface area contributed by atoms with Gasteiger partial charge in [-0.2, -0.15) is 0 Å². The van der Waals surface area contributed by atoms with Gasteiger partial charge < -0.3 is 14.7 Å². The van der Waals surface area contributed by atoms with Gasteiger partial charge in [-0.05, 0) is 31.2 Å². The highest BCUT2D eigenvalue weighted by Crippen LogP contribution is 2.23. The standard InChI is InChI=1S/C14H22ClNO2/c1-3-10-18-13-6-4-12(5-7-13)14(15)11-16(2)8-9-17/h4-7,14,17H,3,8-11H2,1-2H3. The van der Waals surface area contributed by atoms with Crippen LogP contribution in [0.15, 0.2) is 24.3 Å². The maximum Gasteiger partial charge on any atom is 0.119 e. The summed E-state index contributed by atoms with van der Waals surface area (Å²) in [6.07, 6.45) is 1.01. The average molecular weight is 272 g/mol. The van der Waals surface area contributed by atoms with Crippen LogP contribution in [0.5, 0.6) is 5.75 Å². The molecule has 0 spiro atoms. The topological polar surface area (TPSA) is 32.7 Å². The van der Waals surface area contributed by atoms with Gasteiger partial charge in [0.15, 0.2) is 0 Å². The zero-order chi connectivity index (χ0) is 13.4. The van der Waals surface area contributed by atoms with Crippen LogP contribution >= 0.6 is 11.6 Å². The summed E-state index contributed by atoms with van der Waals surface area (Å²) in [5, 5.41) is 8.77. The molecule has 0 radical (unpaired) electrons. The fourth-order valence-electron chi connectivity index (χ4n) is 1.63. The molecule has 0 aliphatic rings. The molecule has 0 heterocycles. The van der Waals surface area contributed by atoms with Crippen LogP contribution < -0.4 is 4.74 Å². The van der Waals surface area contributed by atoms with E-state index >= 15 is 0 Å². The summed E-state index contributed by atoms with van der Waals surface area (Å²) in [5.41, 5.74) is 1.07. The lowest BCUT2D eigenvalue weighted by molar-refractivity contribution is 0.221. The van der Waals surface area contributed by atoms with Crippen molar-refractivity contribution in [3.05, 3.63) is 29.8 Å². The second-order valence-electron chi connectivity index (χ2n) is 4.37. The molecule has 102 valence electrons. The molecule has 0 fully saturated rings. The fraction of sp³-hybridized carbons (Fsp3) is 0.571. The number of nitrogens with zero attached hydrogens (tertiary/aromatic N) is 1. The van der Waals surface area contributed by atoms with E-state index in [9.17, 15) is 0 Å². The number of hydrogen-bond acceptors (Lipinski definition) is 3. The minimum absolute atomic E-state index is 0.0678. The Kier molecular flexibility index (Phi) is 7.09.